The van der Waals surface area contributed by atoms with Crippen LogP contribution in [0.15, 0.2) is 61.2 Å². The van der Waals surface area contributed by atoms with Crippen molar-refractivity contribution in [2.24, 2.45) is 12.8 Å². The smallest absolute Gasteiger partial charge is 0.252 e. The molecule has 0 saturated heterocycles. The third-order valence-electron chi connectivity index (χ3n) is 6.39. The third-order valence-corrected chi connectivity index (χ3v) is 6.39. The van der Waals surface area contributed by atoms with Gasteiger partial charge >= 0.3 is 0 Å². The Labute approximate surface area is 228 Å². The Morgan fingerprint density at radius 2 is 1.72 bits per heavy atom. The van der Waals surface area contributed by atoms with Gasteiger partial charge in [0, 0.05) is 42.7 Å². The van der Waals surface area contributed by atoms with Crippen molar-refractivity contribution in [2.45, 2.75) is 26.4 Å². The summed E-state index contributed by atoms with van der Waals surface area (Å²) in [6.45, 7) is 5.18. The summed E-state index contributed by atoms with van der Waals surface area (Å²) in [5, 5.41) is 11.7. The van der Waals surface area contributed by atoms with E-state index >= 15 is 0 Å². The van der Waals surface area contributed by atoms with Gasteiger partial charge in [0.25, 0.3) is 5.91 Å². The molecule has 0 aliphatic rings. The van der Waals surface area contributed by atoms with E-state index in [1.165, 1.54) is 4.68 Å². The molecule has 204 valence electrons. The zero-order valence-corrected chi connectivity index (χ0v) is 23.0. The topological polar surface area (TPSA) is 120 Å². The number of nitrogens with zero attached hydrogens (tertiary/aromatic N) is 5. The van der Waals surface area contributed by atoms with Crippen LogP contribution in [0.25, 0.3) is 22.3 Å². The van der Waals surface area contributed by atoms with Gasteiger partial charge in [-0.25, -0.2) is 0 Å². The molecule has 0 radical (unpaired) electrons. The molecule has 0 spiro atoms. The molecule has 0 saturated carbocycles. The molecule has 2 heterocycles. The average Bonchev–Trinajstić information content (AvgIpc) is 3.53. The Kier molecular flexibility index (Phi) is 8.46. The fourth-order valence-electron chi connectivity index (χ4n) is 4.20. The molecule has 0 bridgehead atoms. The van der Waals surface area contributed by atoms with Crippen molar-refractivity contribution in [2.75, 3.05) is 27.2 Å². The summed E-state index contributed by atoms with van der Waals surface area (Å²) < 4.78 is 9.10. The van der Waals surface area contributed by atoms with Crippen molar-refractivity contribution in [3.05, 3.63) is 77.9 Å². The number of nitrogens with two attached hydrogens (primary N) is 1. The van der Waals surface area contributed by atoms with E-state index in [9.17, 15) is 9.59 Å². The minimum atomic E-state index is -0.465. The van der Waals surface area contributed by atoms with Crippen LogP contribution in [-0.4, -0.2) is 63.5 Å². The lowest BCUT2D eigenvalue weighted by atomic mass is 9.96. The average molecular weight is 530 g/mol. The highest BCUT2D eigenvalue weighted by Crippen LogP contribution is 2.31. The molecule has 2 aromatic carbocycles. The summed E-state index contributed by atoms with van der Waals surface area (Å²) in [5.74, 6) is 0.0167. The van der Waals surface area contributed by atoms with Crippen molar-refractivity contribution >= 4 is 11.8 Å². The largest absolute Gasteiger partial charge is 0.492 e. The van der Waals surface area contributed by atoms with Gasteiger partial charge in [-0.15, -0.1) is 0 Å². The van der Waals surface area contributed by atoms with E-state index in [0.717, 1.165) is 39.9 Å². The predicted molar refractivity (Wildman–Crippen MR) is 150 cm³/mol. The Hall–Kier alpha value is -4.44. The fourth-order valence-corrected chi connectivity index (χ4v) is 4.20. The van der Waals surface area contributed by atoms with Crippen LogP contribution in [0.1, 0.15) is 34.5 Å². The summed E-state index contributed by atoms with van der Waals surface area (Å²) in [7, 11) is 5.84. The lowest BCUT2D eigenvalue weighted by Crippen LogP contribution is -2.27. The Bertz CT molecular complexity index is 1470. The van der Waals surface area contributed by atoms with E-state index in [1.54, 1.807) is 29.3 Å². The third kappa shape index (κ3) is 7.11. The Morgan fingerprint density at radius 3 is 2.36 bits per heavy atom. The standard InChI is InChI=1S/C29H35N7O3/c1-19-6-7-26(39-9-8-34(3)4)13-27(19)29(38)33-20(2)21-10-22(24-14-31-35(5)16-24)12-23(11-21)25-15-32-36(17-25)18-28(30)37/h6-7,10-17,20H,8-9,18H2,1-5H3,(H2,30,37)(H,33,38)/t20-/m1/s1. The molecule has 2 aromatic heterocycles. The first-order valence-corrected chi connectivity index (χ1v) is 12.7. The van der Waals surface area contributed by atoms with Gasteiger partial charge in [-0.2, -0.15) is 10.2 Å². The number of aromatic nitrogens is 4. The van der Waals surface area contributed by atoms with Crippen LogP contribution < -0.4 is 15.8 Å². The molecule has 4 rings (SSSR count). The molecule has 0 aliphatic carbocycles. The number of ether oxygens (including phenoxy) is 1. The zero-order chi connectivity index (χ0) is 28.1. The van der Waals surface area contributed by atoms with E-state index in [-0.39, 0.29) is 18.5 Å². The van der Waals surface area contributed by atoms with Gasteiger partial charge in [0.2, 0.25) is 5.91 Å². The maximum Gasteiger partial charge on any atom is 0.252 e. The first kappa shape index (κ1) is 27.6. The number of rotatable bonds is 11. The lowest BCUT2D eigenvalue weighted by Gasteiger charge is -2.18. The summed E-state index contributed by atoms with van der Waals surface area (Å²) >= 11 is 0. The first-order chi connectivity index (χ1) is 18.6. The van der Waals surface area contributed by atoms with Gasteiger partial charge in [0.05, 0.1) is 18.4 Å². The summed E-state index contributed by atoms with van der Waals surface area (Å²) in [6.07, 6.45) is 7.22. The lowest BCUT2D eigenvalue weighted by molar-refractivity contribution is -0.118. The Morgan fingerprint density at radius 1 is 1.03 bits per heavy atom. The van der Waals surface area contributed by atoms with Gasteiger partial charge < -0.3 is 20.7 Å². The van der Waals surface area contributed by atoms with Gasteiger partial charge in [-0.1, -0.05) is 6.07 Å². The number of nitrogens with one attached hydrogen (secondary N) is 1. The predicted octanol–water partition coefficient (Wildman–Crippen LogP) is 3.18. The molecule has 3 N–H and O–H groups in total. The van der Waals surface area contributed by atoms with Crippen molar-refractivity contribution < 1.29 is 14.3 Å². The molecule has 0 unspecified atom stereocenters. The van der Waals surface area contributed by atoms with E-state index in [4.69, 9.17) is 10.5 Å². The van der Waals surface area contributed by atoms with Crippen LogP contribution in [0.4, 0.5) is 0 Å². The van der Waals surface area contributed by atoms with Crippen LogP contribution in [-0.2, 0) is 18.4 Å². The molecule has 10 heteroatoms. The summed E-state index contributed by atoms with van der Waals surface area (Å²) in [5.41, 5.74) is 11.3. The highest BCUT2D eigenvalue weighted by Gasteiger charge is 2.17. The van der Waals surface area contributed by atoms with E-state index in [2.05, 4.69) is 15.5 Å². The highest BCUT2D eigenvalue weighted by molar-refractivity contribution is 5.96. The number of carbonyl (C=O) groups excluding carboxylic acids is 2. The number of carbonyl (C=O) groups is 2. The minimum Gasteiger partial charge on any atom is -0.492 e. The highest BCUT2D eigenvalue weighted by atomic mass is 16.5. The molecule has 39 heavy (non-hydrogen) atoms. The number of amides is 2. The second-order valence-electron chi connectivity index (χ2n) is 9.96. The van der Waals surface area contributed by atoms with Crippen molar-refractivity contribution in [3.63, 3.8) is 0 Å². The number of hydrogen-bond donors (Lipinski definition) is 2. The molecule has 10 nitrogen and oxygen atoms in total. The van der Waals surface area contributed by atoms with Gasteiger partial charge in [0.1, 0.15) is 18.9 Å². The van der Waals surface area contributed by atoms with Crippen LogP contribution in [0, 0.1) is 6.92 Å². The summed E-state index contributed by atoms with van der Waals surface area (Å²) in [4.78, 5) is 26.7. The van der Waals surface area contributed by atoms with Crippen molar-refractivity contribution in [1.82, 2.24) is 29.8 Å². The van der Waals surface area contributed by atoms with E-state index in [1.807, 2.05) is 76.4 Å². The molecule has 0 fully saturated rings. The molecule has 0 aliphatic heterocycles. The number of aryl methyl sites for hydroxylation is 2. The normalized spacial score (nSPS) is 11.9. The summed E-state index contributed by atoms with van der Waals surface area (Å²) in [6, 6.07) is 11.4. The maximum atomic E-state index is 13.4. The number of hydrogen-bond acceptors (Lipinski definition) is 6. The second-order valence-corrected chi connectivity index (χ2v) is 9.96. The van der Waals surface area contributed by atoms with Gasteiger partial charge in [-0.05, 0) is 80.5 Å². The number of likely N-dealkylation sites (N-methyl/N-ethyl adjacent to an activating group) is 1. The first-order valence-electron chi connectivity index (χ1n) is 12.7. The van der Waals surface area contributed by atoms with E-state index < -0.39 is 5.91 Å². The monoisotopic (exact) mass is 529 g/mol. The molecular weight excluding hydrogens is 494 g/mol. The molecule has 1 atom stereocenters. The zero-order valence-electron chi connectivity index (χ0n) is 23.0. The van der Waals surface area contributed by atoms with E-state index in [0.29, 0.717) is 17.9 Å². The van der Waals surface area contributed by atoms with Crippen LogP contribution in [0.2, 0.25) is 0 Å². The molecule has 2 amide bonds. The SMILES string of the molecule is Cc1ccc(OCCN(C)C)cc1C(=O)N[C@H](C)c1cc(-c2cnn(C)c2)cc(-c2cnn(CC(N)=O)c2)c1. The molecule has 4 aromatic rings. The number of benzene rings is 2. The Balaban J connectivity index is 1.61. The number of primary amides is 1. The maximum absolute atomic E-state index is 13.4. The van der Waals surface area contributed by atoms with Crippen LogP contribution >= 0.6 is 0 Å². The van der Waals surface area contributed by atoms with Crippen molar-refractivity contribution in [3.8, 4) is 28.0 Å². The quantitative estimate of drug-likeness (QED) is 0.308. The van der Waals surface area contributed by atoms with Crippen LogP contribution in [0.3, 0.4) is 0 Å². The second kappa shape index (κ2) is 12.0. The fraction of sp³-hybridized carbons (Fsp3) is 0.310. The van der Waals surface area contributed by atoms with Crippen molar-refractivity contribution in [1.29, 1.82) is 0 Å². The minimum absolute atomic E-state index is 0.00110. The van der Waals surface area contributed by atoms with Crippen LogP contribution in [0.5, 0.6) is 5.75 Å². The van der Waals surface area contributed by atoms with Gasteiger partial charge in [-0.3, -0.25) is 19.0 Å². The molecular formula is C29H35N7O3. The van der Waals surface area contributed by atoms with Gasteiger partial charge in [0.15, 0.2) is 0 Å².